The standard InChI is InChI=1S/C7H17N.C2H4O2/c1-3-4-5-6-7-8-2;3-1-2-4/h8H,3-7H2,1-2H3;1,4H,2H2. The van der Waals surface area contributed by atoms with Gasteiger partial charge >= 0.3 is 0 Å². The summed E-state index contributed by atoms with van der Waals surface area (Å²) in [5.74, 6) is 0. The third-order valence-corrected chi connectivity index (χ3v) is 1.35. The molecule has 0 saturated heterocycles. The first kappa shape index (κ1) is 14.1. The molecule has 3 heteroatoms. The van der Waals surface area contributed by atoms with Crippen molar-refractivity contribution in [3.8, 4) is 0 Å². The van der Waals surface area contributed by atoms with Crippen molar-refractivity contribution >= 4 is 6.29 Å². The maximum Gasteiger partial charge on any atom is 0.145 e. The van der Waals surface area contributed by atoms with Crippen LogP contribution in [0.3, 0.4) is 0 Å². The molecular formula is C9H21NO2. The van der Waals surface area contributed by atoms with Crippen LogP contribution in [0, 0.1) is 0 Å². The van der Waals surface area contributed by atoms with Gasteiger partial charge in [0.05, 0.1) is 6.61 Å². The lowest BCUT2D eigenvalue weighted by atomic mass is 10.2. The van der Waals surface area contributed by atoms with E-state index in [9.17, 15) is 0 Å². The fraction of sp³-hybridized carbons (Fsp3) is 0.889. The molecule has 0 radical (unpaired) electrons. The maximum atomic E-state index is 8.92. The molecular weight excluding hydrogens is 154 g/mol. The van der Waals surface area contributed by atoms with E-state index in [1.165, 1.54) is 32.2 Å². The van der Waals surface area contributed by atoms with E-state index in [1.54, 1.807) is 0 Å². The monoisotopic (exact) mass is 175 g/mol. The van der Waals surface area contributed by atoms with E-state index in [-0.39, 0.29) is 6.61 Å². The fourth-order valence-electron chi connectivity index (χ4n) is 0.729. The van der Waals surface area contributed by atoms with Gasteiger partial charge in [0.15, 0.2) is 0 Å². The lowest BCUT2D eigenvalue weighted by Crippen LogP contribution is -2.06. The highest BCUT2D eigenvalue weighted by Gasteiger charge is 1.82. The number of aliphatic hydroxyl groups is 1. The third-order valence-electron chi connectivity index (χ3n) is 1.35. The average Bonchev–Trinajstić information content (AvgIpc) is 2.13. The highest BCUT2D eigenvalue weighted by Crippen LogP contribution is 1.96. The van der Waals surface area contributed by atoms with Gasteiger partial charge < -0.3 is 15.2 Å². The minimum Gasteiger partial charge on any atom is -0.389 e. The van der Waals surface area contributed by atoms with Crippen molar-refractivity contribution in [3.05, 3.63) is 0 Å². The number of carbonyl (C=O) groups excluding carboxylic acids is 1. The molecule has 74 valence electrons. The molecule has 3 nitrogen and oxygen atoms in total. The zero-order valence-electron chi connectivity index (χ0n) is 8.18. The van der Waals surface area contributed by atoms with Crippen LogP contribution < -0.4 is 5.32 Å². The molecule has 0 amide bonds. The van der Waals surface area contributed by atoms with Gasteiger partial charge in [-0.25, -0.2) is 0 Å². The summed E-state index contributed by atoms with van der Waals surface area (Å²) in [5.41, 5.74) is 0. The van der Waals surface area contributed by atoms with Crippen LogP contribution in [0.25, 0.3) is 0 Å². The van der Waals surface area contributed by atoms with Crippen LogP contribution in [0.15, 0.2) is 0 Å². The summed E-state index contributed by atoms with van der Waals surface area (Å²) in [6, 6.07) is 0. The van der Waals surface area contributed by atoms with Crippen LogP contribution >= 0.6 is 0 Å². The van der Waals surface area contributed by atoms with Crippen LogP contribution in [-0.2, 0) is 4.79 Å². The molecule has 0 bridgehead atoms. The fourth-order valence-corrected chi connectivity index (χ4v) is 0.729. The van der Waals surface area contributed by atoms with Crippen LogP contribution in [0.2, 0.25) is 0 Å². The predicted molar refractivity (Wildman–Crippen MR) is 51.2 cm³/mol. The van der Waals surface area contributed by atoms with Crippen molar-refractivity contribution in [3.63, 3.8) is 0 Å². The van der Waals surface area contributed by atoms with Gasteiger partial charge in [-0.2, -0.15) is 0 Å². The number of aldehydes is 1. The molecule has 0 aromatic heterocycles. The van der Waals surface area contributed by atoms with Crippen molar-refractivity contribution < 1.29 is 9.90 Å². The van der Waals surface area contributed by atoms with Crippen molar-refractivity contribution in [2.75, 3.05) is 20.2 Å². The highest BCUT2D eigenvalue weighted by atomic mass is 16.3. The van der Waals surface area contributed by atoms with Gasteiger partial charge in [0, 0.05) is 0 Å². The first-order valence-corrected chi connectivity index (χ1v) is 4.52. The summed E-state index contributed by atoms with van der Waals surface area (Å²) in [5, 5.41) is 10.6. The second-order valence-electron chi connectivity index (χ2n) is 2.51. The molecule has 0 aliphatic carbocycles. The minimum absolute atomic E-state index is 0.361. The summed E-state index contributed by atoms with van der Waals surface area (Å²) >= 11 is 0. The van der Waals surface area contributed by atoms with Crippen molar-refractivity contribution in [1.29, 1.82) is 0 Å². The van der Waals surface area contributed by atoms with Crippen molar-refractivity contribution in [2.24, 2.45) is 0 Å². The lowest BCUT2D eigenvalue weighted by molar-refractivity contribution is -0.110. The van der Waals surface area contributed by atoms with Crippen molar-refractivity contribution in [1.82, 2.24) is 5.32 Å². The Balaban J connectivity index is 0. The number of carbonyl (C=O) groups is 1. The Bertz CT molecular complexity index is 70.9. The number of aliphatic hydroxyl groups excluding tert-OH is 1. The molecule has 0 rings (SSSR count). The molecule has 0 spiro atoms. The minimum atomic E-state index is -0.361. The van der Waals surface area contributed by atoms with Gasteiger partial charge in [0.2, 0.25) is 0 Å². The number of unbranched alkanes of at least 4 members (excludes halogenated alkanes) is 3. The van der Waals surface area contributed by atoms with Gasteiger partial charge in [-0.1, -0.05) is 26.2 Å². The molecule has 0 aliphatic heterocycles. The van der Waals surface area contributed by atoms with Crippen LogP contribution in [0.1, 0.15) is 32.6 Å². The molecule has 0 saturated carbocycles. The molecule has 0 atom stereocenters. The summed E-state index contributed by atoms with van der Waals surface area (Å²) in [6.45, 7) is 3.05. The van der Waals surface area contributed by atoms with Crippen molar-refractivity contribution in [2.45, 2.75) is 32.6 Å². The lowest BCUT2D eigenvalue weighted by Gasteiger charge is -1.95. The molecule has 0 unspecified atom stereocenters. The molecule has 12 heavy (non-hydrogen) atoms. The second kappa shape index (κ2) is 16.9. The molecule has 0 fully saturated rings. The molecule has 0 heterocycles. The Kier molecular flexibility index (Phi) is 19.9. The summed E-state index contributed by atoms with van der Waals surface area (Å²) < 4.78 is 0. The van der Waals surface area contributed by atoms with Crippen LogP contribution in [0.5, 0.6) is 0 Å². The molecule has 0 aliphatic rings. The summed E-state index contributed by atoms with van der Waals surface area (Å²) in [6.07, 6.45) is 5.88. The first-order chi connectivity index (χ1) is 5.83. The van der Waals surface area contributed by atoms with Gasteiger partial charge in [-0.05, 0) is 20.0 Å². The van der Waals surface area contributed by atoms with Gasteiger partial charge in [-0.15, -0.1) is 0 Å². The van der Waals surface area contributed by atoms with E-state index < -0.39 is 0 Å². The smallest absolute Gasteiger partial charge is 0.145 e. The Morgan fingerprint density at radius 3 is 2.25 bits per heavy atom. The zero-order chi connectivity index (χ0) is 9.66. The second-order valence-corrected chi connectivity index (χ2v) is 2.51. The normalized spacial score (nSPS) is 8.58. The number of hydrogen-bond acceptors (Lipinski definition) is 3. The van der Waals surface area contributed by atoms with Gasteiger partial charge in [-0.3, -0.25) is 0 Å². The topological polar surface area (TPSA) is 49.3 Å². The number of rotatable bonds is 6. The highest BCUT2D eigenvalue weighted by molar-refractivity contribution is 5.49. The average molecular weight is 175 g/mol. The Hall–Kier alpha value is -0.410. The maximum absolute atomic E-state index is 8.92. The Morgan fingerprint density at radius 2 is 1.92 bits per heavy atom. The zero-order valence-corrected chi connectivity index (χ0v) is 8.18. The van der Waals surface area contributed by atoms with E-state index in [2.05, 4.69) is 12.2 Å². The molecule has 2 N–H and O–H groups in total. The predicted octanol–water partition coefficient (Wildman–Crippen LogP) is 0.964. The van der Waals surface area contributed by atoms with E-state index >= 15 is 0 Å². The largest absolute Gasteiger partial charge is 0.389 e. The van der Waals surface area contributed by atoms with Gasteiger partial charge in [0.25, 0.3) is 0 Å². The van der Waals surface area contributed by atoms with E-state index in [0.29, 0.717) is 6.29 Å². The number of nitrogens with one attached hydrogen (secondary N) is 1. The van der Waals surface area contributed by atoms with Gasteiger partial charge in [0.1, 0.15) is 6.29 Å². The quantitative estimate of drug-likeness (QED) is 0.467. The van der Waals surface area contributed by atoms with Crippen LogP contribution in [0.4, 0.5) is 0 Å². The molecule has 0 aromatic carbocycles. The van der Waals surface area contributed by atoms with E-state index in [4.69, 9.17) is 9.90 Å². The third kappa shape index (κ3) is 22.6. The summed E-state index contributed by atoms with van der Waals surface area (Å²) in [7, 11) is 2.01. The summed E-state index contributed by atoms with van der Waals surface area (Å²) in [4.78, 5) is 8.92. The molecule has 0 aromatic rings. The Morgan fingerprint density at radius 1 is 1.33 bits per heavy atom. The van der Waals surface area contributed by atoms with E-state index in [1.807, 2.05) is 7.05 Å². The van der Waals surface area contributed by atoms with E-state index in [0.717, 1.165) is 0 Å². The first-order valence-electron chi connectivity index (χ1n) is 4.52. The SMILES string of the molecule is CCCCCCNC.O=CCO. The van der Waals surface area contributed by atoms with Crippen LogP contribution in [-0.4, -0.2) is 31.6 Å². The Labute approximate surface area is 75.2 Å². The number of hydrogen-bond donors (Lipinski definition) is 2.